The molecule has 0 aromatic heterocycles. The summed E-state index contributed by atoms with van der Waals surface area (Å²) in [6.45, 7) is 0.961. The van der Waals surface area contributed by atoms with Gasteiger partial charge in [-0.2, -0.15) is 0 Å². The molecule has 0 amide bonds. The molecule has 1 nitrogen and oxygen atoms in total. The number of halogens is 2. The average molecular weight is 395 g/mol. The van der Waals surface area contributed by atoms with E-state index in [1.165, 1.54) is 28.4 Å². The van der Waals surface area contributed by atoms with Gasteiger partial charge < -0.3 is 5.32 Å². The lowest BCUT2D eigenvalue weighted by molar-refractivity contribution is 0.289. The topological polar surface area (TPSA) is 12.0 Å². The molecule has 0 spiro atoms. The van der Waals surface area contributed by atoms with Crippen LogP contribution in [0.4, 0.5) is 0 Å². The predicted molar refractivity (Wildman–Crippen MR) is 90.9 cm³/mol. The van der Waals surface area contributed by atoms with Crippen LogP contribution in [0, 0.1) is 0 Å². The van der Waals surface area contributed by atoms with Gasteiger partial charge in [0.05, 0.1) is 0 Å². The van der Waals surface area contributed by atoms with Crippen molar-refractivity contribution in [3.05, 3.63) is 68.6 Å². The van der Waals surface area contributed by atoms with E-state index >= 15 is 0 Å². The maximum Gasteiger partial charge on any atom is 0.0208 e. The highest BCUT2D eigenvalue weighted by molar-refractivity contribution is 9.10. The third-order valence-electron chi connectivity index (χ3n) is 3.97. The van der Waals surface area contributed by atoms with Crippen molar-refractivity contribution in [3.63, 3.8) is 0 Å². The van der Waals surface area contributed by atoms with E-state index in [-0.39, 0.29) is 0 Å². The fourth-order valence-electron chi connectivity index (χ4n) is 2.68. The first-order valence-corrected chi connectivity index (χ1v) is 8.52. The van der Waals surface area contributed by atoms with E-state index in [9.17, 15) is 0 Å². The number of hydrogen-bond donors (Lipinski definition) is 1. The molecule has 0 bridgehead atoms. The number of hydrogen-bond acceptors (Lipinski definition) is 1. The van der Waals surface area contributed by atoms with E-state index in [0.717, 1.165) is 16.9 Å². The predicted octanol–water partition coefficient (Wildman–Crippen LogP) is 5.25. The standard InChI is InChI=1S/C17H17Br2N/c18-15-6-4-12(5-7-15)11-20-17-9-14(10-17)13-2-1-3-16(19)8-13/h1-8,14,17,20H,9-11H2. The van der Waals surface area contributed by atoms with E-state index in [1.54, 1.807) is 0 Å². The molecular weight excluding hydrogens is 378 g/mol. The summed E-state index contributed by atoms with van der Waals surface area (Å²) in [5.74, 6) is 0.718. The summed E-state index contributed by atoms with van der Waals surface area (Å²) in [5.41, 5.74) is 2.81. The van der Waals surface area contributed by atoms with Gasteiger partial charge in [0.15, 0.2) is 0 Å². The lowest BCUT2D eigenvalue weighted by Crippen LogP contribution is -2.39. The monoisotopic (exact) mass is 393 g/mol. The SMILES string of the molecule is Brc1ccc(CNC2CC(c3cccc(Br)c3)C2)cc1. The molecule has 3 rings (SSSR count). The molecule has 2 aromatic rings. The van der Waals surface area contributed by atoms with Crippen molar-refractivity contribution >= 4 is 31.9 Å². The van der Waals surface area contributed by atoms with Crippen molar-refractivity contribution < 1.29 is 0 Å². The Labute approximate surface area is 137 Å². The first kappa shape index (κ1) is 14.3. The zero-order valence-corrected chi connectivity index (χ0v) is 14.3. The zero-order valence-electron chi connectivity index (χ0n) is 11.2. The Morgan fingerprint density at radius 3 is 2.40 bits per heavy atom. The number of rotatable bonds is 4. The fraction of sp³-hybridized carbons (Fsp3) is 0.294. The normalized spacial score (nSPS) is 21.5. The zero-order chi connectivity index (χ0) is 13.9. The first-order valence-electron chi connectivity index (χ1n) is 6.94. The minimum absolute atomic E-state index is 0.655. The van der Waals surface area contributed by atoms with E-state index in [2.05, 4.69) is 85.7 Å². The first-order chi connectivity index (χ1) is 9.70. The average Bonchev–Trinajstić information content (AvgIpc) is 2.39. The molecule has 1 N–H and O–H groups in total. The van der Waals surface area contributed by atoms with Gasteiger partial charge in [-0.25, -0.2) is 0 Å². The largest absolute Gasteiger partial charge is 0.310 e. The molecule has 1 aliphatic carbocycles. The Morgan fingerprint density at radius 1 is 0.950 bits per heavy atom. The van der Waals surface area contributed by atoms with Crippen LogP contribution in [0.5, 0.6) is 0 Å². The van der Waals surface area contributed by atoms with Crippen molar-refractivity contribution in [2.45, 2.75) is 31.3 Å². The number of nitrogens with one attached hydrogen (secondary N) is 1. The van der Waals surface area contributed by atoms with E-state index in [1.807, 2.05) is 0 Å². The third kappa shape index (κ3) is 3.51. The van der Waals surface area contributed by atoms with Crippen molar-refractivity contribution in [1.82, 2.24) is 5.32 Å². The van der Waals surface area contributed by atoms with Gasteiger partial charge in [-0.3, -0.25) is 0 Å². The van der Waals surface area contributed by atoms with Crippen molar-refractivity contribution in [1.29, 1.82) is 0 Å². The molecule has 1 saturated carbocycles. The van der Waals surface area contributed by atoms with Gasteiger partial charge in [-0.1, -0.05) is 56.1 Å². The van der Waals surface area contributed by atoms with Gasteiger partial charge in [0, 0.05) is 21.5 Å². The van der Waals surface area contributed by atoms with Crippen LogP contribution in [0.3, 0.4) is 0 Å². The Morgan fingerprint density at radius 2 is 1.70 bits per heavy atom. The lowest BCUT2D eigenvalue weighted by Gasteiger charge is -2.36. The van der Waals surface area contributed by atoms with Crippen molar-refractivity contribution in [2.75, 3.05) is 0 Å². The van der Waals surface area contributed by atoms with Gasteiger partial charge >= 0.3 is 0 Å². The van der Waals surface area contributed by atoms with Crippen LogP contribution in [0.25, 0.3) is 0 Å². The number of benzene rings is 2. The van der Waals surface area contributed by atoms with E-state index in [0.29, 0.717) is 6.04 Å². The molecule has 0 radical (unpaired) electrons. The van der Waals surface area contributed by atoms with Crippen LogP contribution < -0.4 is 5.32 Å². The second-order valence-corrected chi connectivity index (χ2v) is 7.26. The minimum Gasteiger partial charge on any atom is -0.310 e. The summed E-state index contributed by atoms with van der Waals surface area (Å²) in [5, 5.41) is 3.64. The van der Waals surface area contributed by atoms with E-state index < -0.39 is 0 Å². The molecule has 20 heavy (non-hydrogen) atoms. The molecular formula is C17H17Br2N. The van der Waals surface area contributed by atoms with Gasteiger partial charge in [0.1, 0.15) is 0 Å². The highest BCUT2D eigenvalue weighted by atomic mass is 79.9. The maximum atomic E-state index is 3.64. The lowest BCUT2D eigenvalue weighted by atomic mass is 9.76. The smallest absolute Gasteiger partial charge is 0.0208 e. The summed E-state index contributed by atoms with van der Waals surface area (Å²) in [6.07, 6.45) is 2.49. The molecule has 1 aliphatic rings. The minimum atomic E-state index is 0.655. The Balaban J connectivity index is 1.48. The molecule has 0 atom stereocenters. The fourth-order valence-corrected chi connectivity index (χ4v) is 3.36. The van der Waals surface area contributed by atoms with E-state index in [4.69, 9.17) is 0 Å². The van der Waals surface area contributed by atoms with Crippen LogP contribution in [0.1, 0.15) is 29.9 Å². The highest BCUT2D eigenvalue weighted by Crippen LogP contribution is 2.37. The summed E-state index contributed by atoms with van der Waals surface area (Å²) in [6, 6.07) is 17.9. The second-order valence-electron chi connectivity index (χ2n) is 5.43. The Kier molecular flexibility index (Phi) is 4.59. The van der Waals surface area contributed by atoms with Crippen LogP contribution in [-0.4, -0.2) is 6.04 Å². The van der Waals surface area contributed by atoms with Gasteiger partial charge in [0.2, 0.25) is 0 Å². The molecule has 2 aromatic carbocycles. The van der Waals surface area contributed by atoms with Crippen LogP contribution in [0.15, 0.2) is 57.5 Å². The molecule has 0 aliphatic heterocycles. The van der Waals surface area contributed by atoms with Crippen LogP contribution >= 0.6 is 31.9 Å². The summed E-state index contributed by atoms with van der Waals surface area (Å²) in [4.78, 5) is 0. The summed E-state index contributed by atoms with van der Waals surface area (Å²) >= 11 is 7.01. The Hall–Kier alpha value is -0.640. The molecule has 3 heteroatoms. The summed E-state index contributed by atoms with van der Waals surface area (Å²) < 4.78 is 2.32. The molecule has 104 valence electrons. The highest BCUT2D eigenvalue weighted by Gasteiger charge is 2.29. The van der Waals surface area contributed by atoms with Gasteiger partial charge in [-0.15, -0.1) is 0 Å². The van der Waals surface area contributed by atoms with Gasteiger partial charge in [0.25, 0.3) is 0 Å². The molecule has 0 heterocycles. The quantitative estimate of drug-likeness (QED) is 0.746. The summed E-state index contributed by atoms with van der Waals surface area (Å²) in [7, 11) is 0. The molecule has 0 saturated heterocycles. The van der Waals surface area contributed by atoms with Gasteiger partial charge in [-0.05, 0) is 54.2 Å². The van der Waals surface area contributed by atoms with Crippen molar-refractivity contribution in [2.24, 2.45) is 0 Å². The maximum absolute atomic E-state index is 3.64. The second kappa shape index (κ2) is 6.42. The molecule has 1 fully saturated rings. The third-order valence-corrected chi connectivity index (χ3v) is 4.99. The van der Waals surface area contributed by atoms with Crippen molar-refractivity contribution in [3.8, 4) is 0 Å². The Bertz CT molecular complexity index is 574. The molecule has 0 unspecified atom stereocenters. The van der Waals surface area contributed by atoms with Crippen LogP contribution in [0.2, 0.25) is 0 Å². The van der Waals surface area contributed by atoms with Crippen LogP contribution in [-0.2, 0) is 6.54 Å².